The molecule has 0 saturated heterocycles. The number of H-pyrrole nitrogens is 1. The second kappa shape index (κ2) is 9.71. The Morgan fingerprint density at radius 2 is 1.97 bits per heavy atom. The lowest BCUT2D eigenvalue weighted by Gasteiger charge is -2.05. The third-order valence-electron chi connectivity index (χ3n) is 4.96. The molecule has 1 aromatic carbocycles. The largest absolute Gasteiger partial charge is 0.475 e. The minimum atomic E-state index is -3.11. The fourth-order valence-electron chi connectivity index (χ4n) is 3.35. The molecule has 31 heavy (non-hydrogen) atoms. The van der Waals surface area contributed by atoms with E-state index < -0.39 is 15.8 Å². The second-order valence-corrected chi connectivity index (χ2v) is 10.4. The number of hydrogen-bond acceptors (Lipinski definition) is 7. The lowest BCUT2D eigenvalue weighted by molar-refractivity contribution is 0.0683. The van der Waals surface area contributed by atoms with Gasteiger partial charge in [-0.15, -0.1) is 11.3 Å². The fraction of sp³-hybridized carbons (Fsp3) is 0.381. The molecule has 166 valence electrons. The van der Waals surface area contributed by atoms with Gasteiger partial charge >= 0.3 is 5.97 Å². The van der Waals surface area contributed by atoms with Crippen LogP contribution in [0.1, 0.15) is 40.0 Å². The van der Waals surface area contributed by atoms with Crippen LogP contribution in [0.15, 0.2) is 34.0 Å². The van der Waals surface area contributed by atoms with Gasteiger partial charge < -0.3 is 15.4 Å². The Balaban J connectivity index is 0.000000176. The van der Waals surface area contributed by atoms with Crippen molar-refractivity contribution < 1.29 is 18.3 Å². The molecule has 0 unspecified atom stereocenters. The number of rotatable bonds is 6. The standard InChI is InChI=1S/C11H17NO2S.C10H8N2O3S/c1-3-12-8-9-15(13,14)11-6-4-10(2)5-7-11;13-8-6-4-2-1-3-5(4)16-9(6)12-7(11-8)10(14)15/h4-7,12H,3,8-9H2,1-2H3;1-3H2,(H,14,15)(H,11,12,13). The minimum Gasteiger partial charge on any atom is -0.475 e. The quantitative estimate of drug-likeness (QED) is 0.479. The highest BCUT2D eigenvalue weighted by atomic mass is 32.2. The highest BCUT2D eigenvalue weighted by Crippen LogP contribution is 2.34. The number of carboxylic acids is 1. The summed E-state index contributed by atoms with van der Waals surface area (Å²) < 4.78 is 23.6. The molecule has 0 aliphatic heterocycles. The average Bonchev–Trinajstić information content (AvgIpc) is 3.29. The zero-order chi connectivity index (χ0) is 22.6. The third-order valence-corrected chi connectivity index (χ3v) is 7.87. The van der Waals surface area contributed by atoms with Crippen LogP contribution in [0.3, 0.4) is 0 Å². The molecule has 2 aromatic heterocycles. The van der Waals surface area contributed by atoms with E-state index in [0.717, 1.165) is 36.9 Å². The highest BCUT2D eigenvalue weighted by molar-refractivity contribution is 7.91. The number of sulfone groups is 1. The highest BCUT2D eigenvalue weighted by Gasteiger charge is 2.22. The molecule has 1 aliphatic carbocycles. The van der Waals surface area contributed by atoms with Gasteiger partial charge in [-0.25, -0.2) is 18.2 Å². The van der Waals surface area contributed by atoms with E-state index in [0.29, 0.717) is 21.7 Å². The smallest absolute Gasteiger partial charge is 0.372 e. The topological polar surface area (TPSA) is 129 Å². The molecule has 8 nitrogen and oxygen atoms in total. The Bertz CT molecular complexity index is 1240. The molecular weight excluding hydrogens is 438 g/mol. The SMILES string of the molecule is CCNCCS(=O)(=O)c1ccc(C)cc1.O=C(O)c1nc2sc3c(c2c(=O)[nH]1)CCC3. The fourth-order valence-corrected chi connectivity index (χ4v) is 5.81. The first-order chi connectivity index (χ1) is 14.7. The zero-order valence-electron chi connectivity index (χ0n) is 17.4. The summed E-state index contributed by atoms with van der Waals surface area (Å²) >= 11 is 1.44. The van der Waals surface area contributed by atoms with E-state index in [1.807, 2.05) is 26.0 Å². The Morgan fingerprint density at radius 3 is 2.61 bits per heavy atom. The average molecular weight is 464 g/mol. The van der Waals surface area contributed by atoms with Crippen LogP contribution in [0.4, 0.5) is 0 Å². The van der Waals surface area contributed by atoms with E-state index in [1.54, 1.807) is 12.1 Å². The van der Waals surface area contributed by atoms with Crippen molar-refractivity contribution in [1.29, 1.82) is 0 Å². The van der Waals surface area contributed by atoms with Gasteiger partial charge in [0, 0.05) is 11.4 Å². The summed E-state index contributed by atoms with van der Waals surface area (Å²) in [7, 11) is -3.11. The number of carbonyl (C=O) groups is 1. The van der Waals surface area contributed by atoms with Crippen molar-refractivity contribution >= 4 is 37.4 Å². The molecule has 3 N–H and O–H groups in total. The maximum Gasteiger partial charge on any atom is 0.372 e. The molecule has 1 aliphatic rings. The van der Waals surface area contributed by atoms with Crippen LogP contribution in [0.2, 0.25) is 0 Å². The van der Waals surface area contributed by atoms with Crippen LogP contribution in [-0.4, -0.2) is 48.3 Å². The van der Waals surface area contributed by atoms with E-state index in [-0.39, 0.29) is 17.1 Å². The maximum absolute atomic E-state index is 11.8. The van der Waals surface area contributed by atoms with Crippen LogP contribution in [-0.2, 0) is 22.7 Å². The lowest BCUT2D eigenvalue weighted by atomic mass is 10.2. The molecule has 0 atom stereocenters. The number of thiophene rings is 1. The molecule has 0 saturated carbocycles. The number of aryl methyl sites for hydroxylation is 3. The molecule has 0 fully saturated rings. The summed E-state index contributed by atoms with van der Waals surface area (Å²) in [6.45, 7) is 5.20. The number of fused-ring (bicyclic) bond motifs is 3. The lowest BCUT2D eigenvalue weighted by Crippen LogP contribution is -2.22. The van der Waals surface area contributed by atoms with Gasteiger partial charge in [-0.2, -0.15) is 0 Å². The first-order valence-electron chi connectivity index (χ1n) is 10.0. The number of aromatic amines is 1. The Morgan fingerprint density at radius 1 is 1.26 bits per heavy atom. The van der Waals surface area contributed by atoms with Gasteiger partial charge in [-0.3, -0.25) is 4.79 Å². The van der Waals surface area contributed by atoms with Crippen LogP contribution >= 0.6 is 11.3 Å². The van der Waals surface area contributed by atoms with Crippen LogP contribution in [0.5, 0.6) is 0 Å². The number of aromatic nitrogens is 2. The summed E-state index contributed by atoms with van der Waals surface area (Å²) in [4.78, 5) is 30.9. The zero-order valence-corrected chi connectivity index (χ0v) is 19.0. The minimum absolute atomic E-state index is 0.157. The number of benzene rings is 1. The van der Waals surface area contributed by atoms with Gasteiger partial charge in [-0.05, 0) is 50.4 Å². The van der Waals surface area contributed by atoms with Gasteiger partial charge in [0.15, 0.2) is 9.84 Å². The summed E-state index contributed by atoms with van der Waals surface area (Å²) in [5.74, 6) is -1.32. The maximum atomic E-state index is 11.8. The molecule has 4 rings (SSSR count). The van der Waals surface area contributed by atoms with Crippen molar-refractivity contribution in [2.45, 2.75) is 38.0 Å². The summed E-state index contributed by atoms with van der Waals surface area (Å²) in [6.07, 6.45) is 2.93. The first kappa shape index (κ1) is 23.1. The van der Waals surface area contributed by atoms with Crippen molar-refractivity contribution in [3.63, 3.8) is 0 Å². The van der Waals surface area contributed by atoms with E-state index in [1.165, 1.54) is 16.2 Å². The van der Waals surface area contributed by atoms with Gasteiger partial charge in [-0.1, -0.05) is 24.6 Å². The van der Waals surface area contributed by atoms with E-state index in [2.05, 4.69) is 15.3 Å². The van der Waals surface area contributed by atoms with Crippen molar-refractivity contribution in [3.8, 4) is 0 Å². The van der Waals surface area contributed by atoms with Crippen LogP contribution in [0.25, 0.3) is 10.2 Å². The predicted molar refractivity (Wildman–Crippen MR) is 121 cm³/mol. The molecule has 0 spiro atoms. The second-order valence-electron chi connectivity index (χ2n) is 7.24. The third kappa shape index (κ3) is 5.38. The van der Waals surface area contributed by atoms with Gasteiger partial charge in [0.25, 0.3) is 5.56 Å². The summed E-state index contributed by atoms with van der Waals surface area (Å²) in [6, 6.07) is 6.97. The molecule has 0 radical (unpaired) electrons. The molecule has 2 heterocycles. The van der Waals surface area contributed by atoms with E-state index in [4.69, 9.17) is 5.11 Å². The first-order valence-corrected chi connectivity index (χ1v) is 12.5. The molecule has 0 amide bonds. The van der Waals surface area contributed by atoms with Gasteiger partial charge in [0.2, 0.25) is 5.82 Å². The van der Waals surface area contributed by atoms with Crippen molar-refractivity contribution in [2.75, 3.05) is 18.8 Å². The molecule has 0 bridgehead atoms. The number of aromatic carboxylic acids is 1. The van der Waals surface area contributed by atoms with Gasteiger partial charge in [0.05, 0.1) is 16.0 Å². The molecule has 10 heteroatoms. The Hall–Kier alpha value is -2.56. The van der Waals surface area contributed by atoms with Crippen LogP contribution < -0.4 is 10.9 Å². The van der Waals surface area contributed by atoms with E-state index >= 15 is 0 Å². The van der Waals surface area contributed by atoms with Crippen LogP contribution in [0, 0.1) is 6.92 Å². The molecule has 3 aromatic rings. The van der Waals surface area contributed by atoms with Gasteiger partial charge in [0.1, 0.15) is 4.83 Å². The number of hydrogen-bond donors (Lipinski definition) is 3. The predicted octanol–water partition coefficient (Wildman–Crippen LogP) is 2.55. The van der Waals surface area contributed by atoms with Crippen molar-refractivity contribution in [2.24, 2.45) is 0 Å². The summed E-state index contributed by atoms with van der Waals surface area (Å²) in [5.41, 5.74) is 1.80. The summed E-state index contributed by atoms with van der Waals surface area (Å²) in [5, 5.41) is 12.4. The normalized spacial score (nSPS) is 13.0. The Kier molecular flexibility index (Phi) is 7.24. The Labute approximate surface area is 184 Å². The van der Waals surface area contributed by atoms with Crippen molar-refractivity contribution in [3.05, 3.63) is 56.4 Å². The van der Waals surface area contributed by atoms with E-state index in [9.17, 15) is 18.0 Å². The number of carboxylic acid groups (broad SMARTS) is 1. The number of nitrogens with zero attached hydrogens (tertiary/aromatic N) is 1. The number of nitrogens with one attached hydrogen (secondary N) is 2. The molecular formula is C21H25N3O5S2. The van der Waals surface area contributed by atoms with Crippen molar-refractivity contribution in [1.82, 2.24) is 15.3 Å². The monoisotopic (exact) mass is 463 g/mol.